The molecule has 3 heterocycles. The van der Waals surface area contributed by atoms with Crippen molar-refractivity contribution in [3.05, 3.63) is 39.3 Å². The third kappa shape index (κ3) is 3.83. The number of halogens is 1. The number of nitrogens with zero attached hydrogens (tertiary/aromatic N) is 4. The van der Waals surface area contributed by atoms with E-state index in [4.69, 9.17) is 16.6 Å². The van der Waals surface area contributed by atoms with E-state index in [-0.39, 0.29) is 0 Å². The molecule has 1 aliphatic rings. The first-order valence-corrected chi connectivity index (χ1v) is 9.02. The van der Waals surface area contributed by atoms with Crippen LogP contribution in [-0.4, -0.2) is 32.9 Å². The maximum Gasteiger partial charge on any atom is 0.222 e. The first-order valence-electron chi connectivity index (χ1n) is 7.77. The first-order chi connectivity index (χ1) is 10.6. The molecule has 6 heteroatoms. The predicted octanol–water partition coefficient (Wildman–Crippen LogP) is 4.09. The van der Waals surface area contributed by atoms with Gasteiger partial charge in [-0.1, -0.05) is 13.8 Å². The third-order valence-corrected chi connectivity index (χ3v) is 5.48. The summed E-state index contributed by atoms with van der Waals surface area (Å²) in [6.07, 6.45) is 3.99. The van der Waals surface area contributed by atoms with Gasteiger partial charge in [-0.15, -0.1) is 11.3 Å². The molecular weight excluding hydrogens is 316 g/mol. The first kappa shape index (κ1) is 15.8. The molecule has 2 aromatic heterocycles. The van der Waals surface area contributed by atoms with Gasteiger partial charge in [-0.05, 0) is 43.6 Å². The van der Waals surface area contributed by atoms with Crippen LogP contribution in [0.1, 0.15) is 54.9 Å². The molecule has 0 aliphatic carbocycles. The maximum absolute atomic E-state index is 5.89. The Morgan fingerprint density at radius 3 is 2.73 bits per heavy atom. The molecule has 1 fully saturated rings. The molecule has 22 heavy (non-hydrogen) atoms. The molecule has 0 amide bonds. The molecule has 118 valence electrons. The van der Waals surface area contributed by atoms with Gasteiger partial charge in [0.2, 0.25) is 5.28 Å². The Balaban J connectivity index is 1.55. The Morgan fingerprint density at radius 2 is 2.09 bits per heavy atom. The summed E-state index contributed by atoms with van der Waals surface area (Å²) < 4.78 is 0. The number of aromatic nitrogens is 3. The van der Waals surface area contributed by atoms with Crippen LogP contribution >= 0.6 is 22.9 Å². The molecule has 1 aliphatic heterocycles. The van der Waals surface area contributed by atoms with Crippen molar-refractivity contribution in [2.75, 3.05) is 13.1 Å². The minimum absolute atomic E-state index is 0.351. The highest BCUT2D eigenvalue weighted by Crippen LogP contribution is 2.28. The van der Waals surface area contributed by atoms with E-state index in [0.717, 1.165) is 38.2 Å². The zero-order chi connectivity index (χ0) is 15.5. The lowest BCUT2D eigenvalue weighted by Gasteiger charge is -2.31. The molecule has 0 spiro atoms. The van der Waals surface area contributed by atoms with Crippen molar-refractivity contribution in [1.82, 2.24) is 19.9 Å². The molecular formula is C16H21ClN4S. The summed E-state index contributed by atoms with van der Waals surface area (Å²) in [4.78, 5) is 15.5. The monoisotopic (exact) mass is 336 g/mol. The van der Waals surface area contributed by atoms with Crippen LogP contribution in [0.4, 0.5) is 0 Å². The largest absolute Gasteiger partial charge is 0.297 e. The van der Waals surface area contributed by atoms with Crippen molar-refractivity contribution in [3.8, 4) is 0 Å². The highest BCUT2D eigenvalue weighted by molar-refractivity contribution is 7.09. The Bertz CT molecular complexity index is 620. The van der Waals surface area contributed by atoms with Crippen LogP contribution in [0, 0.1) is 0 Å². The van der Waals surface area contributed by atoms with Crippen molar-refractivity contribution in [1.29, 1.82) is 0 Å². The summed E-state index contributed by atoms with van der Waals surface area (Å²) in [7, 11) is 0. The van der Waals surface area contributed by atoms with Gasteiger partial charge in [0.1, 0.15) is 0 Å². The highest BCUT2D eigenvalue weighted by Gasteiger charge is 2.22. The van der Waals surface area contributed by atoms with Gasteiger partial charge < -0.3 is 0 Å². The summed E-state index contributed by atoms with van der Waals surface area (Å²) in [6.45, 7) is 7.52. The number of hydrogen-bond acceptors (Lipinski definition) is 5. The van der Waals surface area contributed by atoms with Crippen LogP contribution in [0.5, 0.6) is 0 Å². The fourth-order valence-corrected chi connectivity index (χ4v) is 3.83. The second kappa shape index (κ2) is 7.02. The van der Waals surface area contributed by atoms with Crippen molar-refractivity contribution in [2.24, 2.45) is 0 Å². The maximum atomic E-state index is 5.89. The van der Waals surface area contributed by atoms with E-state index in [0.29, 0.717) is 17.1 Å². The molecule has 0 unspecified atom stereocenters. The molecule has 0 radical (unpaired) electrons. The van der Waals surface area contributed by atoms with Gasteiger partial charge in [-0.3, -0.25) is 4.90 Å². The Hall–Kier alpha value is -1.04. The average molecular weight is 337 g/mol. The topological polar surface area (TPSA) is 41.9 Å². The number of likely N-dealkylation sites (tertiary alicyclic amines) is 1. The van der Waals surface area contributed by atoms with Crippen LogP contribution < -0.4 is 0 Å². The van der Waals surface area contributed by atoms with Crippen molar-refractivity contribution >= 4 is 22.9 Å². The van der Waals surface area contributed by atoms with Crippen LogP contribution in [0.3, 0.4) is 0 Å². The van der Waals surface area contributed by atoms with Gasteiger partial charge >= 0.3 is 0 Å². The highest BCUT2D eigenvalue weighted by atomic mass is 35.5. The SMILES string of the molecule is CC(C)c1nc(CN2CCC(c3ccnc(Cl)n3)CC2)cs1. The van der Waals surface area contributed by atoms with E-state index in [1.54, 1.807) is 17.5 Å². The van der Waals surface area contributed by atoms with Gasteiger partial charge in [0.05, 0.1) is 10.7 Å². The van der Waals surface area contributed by atoms with E-state index < -0.39 is 0 Å². The normalized spacial score (nSPS) is 17.3. The molecule has 1 saturated heterocycles. The van der Waals surface area contributed by atoms with Crippen LogP contribution in [0.15, 0.2) is 17.6 Å². The van der Waals surface area contributed by atoms with Crippen LogP contribution in [-0.2, 0) is 6.54 Å². The molecule has 0 atom stereocenters. The van der Waals surface area contributed by atoms with Crippen molar-refractivity contribution < 1.29 is 0 Å². The zero-order valence-corrected chi connectivity index (χ0v) is 14.6. The second-order valence-corrected chi connectivity index (χ2v) is 7.36. The lowest BCUT2D eigenvalue weighted by Crippen LogP contribution is -2.32. The van der Waals surface area contributed by atoms with Crippen molar-refractivity contribution in [3.63, 3.8) is 0 Å². The fourth-order valence-electron chi connectivity index (χ4n) is 2.85. The average Bonchev–Trinajstić information content (AvgIpc) is 2.97. The van der Waals surface area contributed by atoms with E-state index in [1.807, 2.05) is 6.07 Å². The molecule has 4 nitrogen and oxygen atoms in total. The second-order valence-electron chi connectivity index (χ2n) is 6.13. The standard InChI is InChI=1S/C16H21ClN4S/c1-11(2)15-19-13(10-22-15)9-21-7-4-12(5-8-21)14-3-6-18-16(17)20-14/h3,6,10-12H,4-5,7-9H2,1-2H3. The molecule has 0 N–H and O–H groups in total. The molecule has 2 aromatic rings. The fraction of sp³-hybridized carbons (Fsp3) is 0.562. The Morgan fingerprint density at radius 1 is 1.32 bits per heavy atom. The van der Waals surface area contributed by atoms with Crippen molar-refractivity contribution in [2.45, 2.75) is 45.1 Å². The number of thiazole rings is 1. The summed E-state index contributed by atoms with van der Waals surface area (Å²) in [5.74, 6) is 1.02. The van der Waals surface area contributed by atoms with Gasteiger partial charge in [0.25, 0.3) is 0 Å². The Labute approximate surface area is 140 Å². The number of rotatable bonds is 4. The van der Waals surface area contributed by atoms with E-state index in [2.05, 4.69) is 34.1 Å². The zero-order valence-electron chi connectivity index (χ0n) is 13.0. The van der Waals surface area contributed by atoms with Gasteiger partial charge in [-0.2, -0.15) is 0 Å². The number of piperidine rings is 1. The number of hydrogen-bond donors (Lipinski definition) is 0. The van der Waals surface area contributed by atoms with Crippen LogP contribution in [0.2, 0.25) is 5.28 Å². The van der Waals surface area contributed by atoms with Crippen LogP contribution in [0.25, 0.3) is 0 Å². The summed E-state index contributed by atoms with van der Waals surface area (Å²) in [5, 5.41) is 3.79. The van der Waals surface area contributed by atoms with Gasteiger partial charge in [0, 0.05) is 35.7 Å². The summed E-state index contributed by atoms with van der Waals surface area (Å²) >= 11 is 7.66. The Kier molecular flexibility index (Phi) is 5.06. The molecule has 0 bridgehead atoms. The molecule has 0 saturated carbocycles. The lowest BCUT2D eigenvalue weighted by molar-refractivity contribution is 0.201. The molecule has 0 aromatic carbocycles. The van der Waals surface area contributed by atoms with Gasteiger partial charge in [-0.25, -0.2) is 15.0 Å². The van der Waals surface area contributed by atoms with E-state index in [1.165, 1.54) is 10.7 Å². The third-order valence-electron chi connectivity index (χ3n) is 4.10. The summed E-state index contributed by atoms with van der Waals surface area (Å²) in [6, 6.07) is 1.99. The molecule has 3 rings (SSSR count). The predicted molar refractivity (Wildman–Crippen MR) is 90.5 cm³/mol. The van der Waals surface area contributed by atoms with E-state index in [9.17, 15) is 0 Å². The lowest BCUT2D eigenvalue weighted by atomic mass is 9.93. The van der Waals surface area contributed by atoms with E-state index >= 15 is 0 Å². The smallest absolute Gasteiger partial charge is 0.222 e. The quantitative estimate of drug-likeness (QED) is 0.789. The minimum Gasteiger partial charge on any atom is -0.297 e. The minimum atomic E-state index is 0.351. The van der Waals surface area contributed by atoms with Gasteiger partial charge in [0.15, 0.2) is 0 Å². The summed E-state index contributed by atoms with van der Waals surface area (Å²) in [5.41, 5.74) is 2.28.